The molecule has 2 rings (SSSR count). The topological polar surface area (TPSA) is 78.0 Å². The quantitative estimate of drug-likeness (QED) is 0.437. The fourth-order valence-corrected chi connectivity index (χ4v) is 2.57. The molecule has 1 heterocycles. The average molecular weight is 386 g/mol. The number of benzene rings is 1. The van der Waals surface area contributed by atoms with Crippen molar-refractivity contribution in [1.82, 2.24) is 9.88 Å². The van der Waals surface area contributed by atoms with Crippen molar-refractivity contribution in [3.8, 4) is 11.5 Å². The Morgan fingerprint density at radius 2 is 1.64 bits per heavy atom. The summed E-state index contributed by atoms with van der Waals surface area (Å²) < 4.78 is 15.4. The molecule has 1 amide bonds. The Hall–Kier alpha value is -3.09. The van der Waals surface area contributed by atoms with E-state index in [1.165, 1.54) is 7.11 Å². The van der Waals surface area contributed by atoms with Crippen LogP contribution in [-0.2, 0) is 20.9 Å². The summed E-state index contributed by atoms with van der Waals surface area (Å²) in [4.78, 5) is 29.7. The van der Waals surface area contributed by atoms with Gasteiger partial charge in [-0.15, -0.1) is 0 Å². The highest BCUT2D eigenvalue weighted by Crippen LogP contribution is 2.17. The first-order valence-corrected chi connectivity index (χ1v) is 9.12. The third-order valence-corrected chi connectivity index (χ3v) is 4.15. The van der Waals surface area contributed by atoms with E-state index < -0.39 is 0 Å². The molecule has 7 heteroatoms. The van der Waals surface area contributed by atoms with Crippen molar-refractivity contribution in [2.45, 2.75) is 25.8 Å². The smallest absolute Gasteiger partial charge is 0.307 e. The second-order valence-electron chi connectivity index (χ2n) is 6.12. The van der Waals surface area contributed by atoms with E-state index in [4.69, 9.17) is 9.47 Å². The normalized spacial score (nSPS) is 10.2. The minimum absolute atomic E-state index is 0.0287. The molecule has 0 N–H and O–H groups in total. The molecular weight excluding hydrogens is 360 g/mol. The zero-order chi connectivity index (χ0) is 20.2. The van der Waals surface area contributed by atoms with Crippen molar-refractivity contribution in [2.24, 2.45) is 0 Å². The molecule has 7 nitrogen and oxygen atoms in total. The predicted octanol–water partition coefficient (Wildman–Crippen LogP) is 2.84. The van der Waals surface area contributed by atoms with Gasteiger partial charge < -0.3 is 19.1 Å². The highest BCUT2D eigenvalue weighted by molar-refractivity contribution is 5.77. The molecule has 150 valence electrons. The van der Waals surface area contributed by atoms with E-state index in [-0.39, 0.29) is 18.3 Å². The maximum Gasteiger partial charge on any atom is 0.307 e. The molecule has 0 aliphatic heterocycles. The van der Waals surface area contributed by atoms with Gasteiger partial charge in [-0.25, -0.2) is 0 Å². The fraction of sp³-hybridized carbons (Fsp3) is 0.381. The van der Waals surface area contributed by atoms with Crippen LogP contribution in [0.3, 0.4) is 0 Å². The first-order valence-electron chi connectivity index (χ1n) is 9.12. The average Bonchev–Trinajstić information content (AvgIpc) is 2.74. The summed E-state index contributed by atoms with van der Waals surface area (Å²) in [7, 11) is 2.95. The van der Waals surface area contributed by atoms with E-state index in [1.54, 1.807) is 24.4 Å². The second kappa shape index (κ2) is 11.6. The number of esters is 1. The van der Waals surface area contributed by atoms with Gasteiger partial charge in [0.1, 0.15) is 11.5 Å². The number of methoxy groups -OCH3 is 2. The third-order valence-electron chi connectivity index (χ3n) is 4.15. The van der Waals surface area contributed by atoms with E-state index in [9.17, 15) is 9.59 Å². The summed E-state index contributed by atoms with van der Waals surface area (Å²) in [5, 5.41) is 0. The molecule has 1 aromatic heterocycles. The van der Waals surface area contributed by atoms with Crippen LogP contribution >= 0.6 is 0 Å². The molecule has 0 aliphatic rings. The number of hydrogen-bond donors (Lipinski definition) is 0. The SMILES string of the molecule is COC(=O)CCN(Cc1ccncc1)C(=O)CCCOc1ccc(OC)cc1. The molecular formula is C21H26N2O5. The standard InChI is InChI=1S/C21H26N2O5/c1-26-18-5-7-19(8-6-18)28-15-3-4-20(24)23(14-11-21(25)27-2)16-17-9-12-22-13-10-17/h5-10,12-13H,3-4,11,14-16H2,1-2H3. The molecule has 2 aromatic rings. The van der Waals surface area contributed by atoms with Crippen molar-refractivity contribution in [1.29, 1.82) is 0 Å². The van der Waals surface area contributed by atoms with Crippen molar-refractivity contribution in [3.63, 3.8) is 0 Å². The highest BCUT2D eigenvalue weighted by Gasteiger charge is 2.15. The lowest BCUT2D eigenvalue weighted by Gasteiger charge is -2.22. The van der Waals surface area contributed by atoms with Crippen LogP contribution in [0.15, 0.2) is 48.8 Å². The van der Waals surface area contributed by atoms with Crippen LogP contribution in [0.25, 0.3) is 0 Å². The number of hydrogen-bond acceptors (Lipinski definition) is 6. The van der Waals surface area contributed by atoms with E-state index in [0.29, 0.717) is 32.5 Å². The third kappa shape index (κ3) is 7.26. The van der Waals surface area contributed by atoms with Crippen LogP contribution in [0.4, 0.5) is 0 Å². The van der Waals surface area contributed by atoms with E-state index in [0.717, 1.165) is 17.1 Å². The van der Waals surface area contributed by atoms with Crippen LogP contribution in [0.1, 0.15) is 24.8 Å². The summed E-state index contributed by atoms with van der Waals surface area (Å²) in [5.74, 6) is 1.13. The van der Waals surface area contributed by atoms with E-state index in [1.807, 2.05) is 36.4 Å². The number of nitrogens with zero attached hydrogens (tertiary/aromatic N) is 2. The minimum atomic E-state index is -0.338. The Morgan fingerprint density at radius 3 is 2.29 bits per heavy atom. The molecule has 0 radical (unpaired) electrons. The molecule has 1 aromatic carbocycles. The van der Waals surface area contributed by atoms with E-state index >= 15 is 0 Å². The molecule has 0 saturated heterocycles. The Labute approximate surface area is 165 Å². The summed E-state index contributed by atoms with van der Waals surface area (Å²) in [6.45, 7) is 1.17. The molecule has 0 spiro atoms. The zero-order valence-corrected chi connectivity index (χ0v) is 16.3. The Balaban J connectivity index is 1.83. The predicted molar refractivity (Wildman–Crippen MR) is 104 cm³/mol. The van der Waals surface area contributed by atoms with Crippen molar-refractivity contribution in [2.75, 3.05) is 27.4 Å². The fourth-order valence-electron chi connectivity index (χ4n) is 2.57. The van der Waals surface area contributed by atoms with Gasteiger partial charge in [0.15, 0.2) is 0 Å². The molecule has 0 atom stereocenters. The number of carbonyl (C=O) groups excluding carboxylic acids is 2. The summed E-state index contributed by atoms with van der Waals surface area (Å²) in [5.41, 5.74) is 0.961. The maximum atomic E-state index is 12.6. The van der Waals surface area contributed by atoms with Crippen LogP contribution in [-0.4, -0.2) is 49.1 Å². The first-order chi connectivity index (χ1) is 13.6. The zero-order valence-electron chi connectivity index (χ0n) is 16.3. The Bertz CT molecular complexity index is 734. The molecule has 0 fully saturated rings. The van der Waals surface area contributed by atoms with Gasteiger partial charge >= 0.3 is 5.97 Å². The minimum Gasteiger partial charge on any atom is -0.497 e. The molecule has 0 aliphatic carbocycles. The number of ether oxygens (including phenoxy) is 3. The van der Waals surface area contributed by atoms with Gasteiger partial charge in [0.25, 0.3) is 0 Å². The monoisotopic (exact) mass is 386 g/mol. The van der Waals surface area contributed by atoms with Gasteiger partial charge in [0, 0.05) is 31.9 Å². The first kappa shape index (κ1) is 21.2. The van der Waals surface area contributed by atoms with Crippen molar-refractivity contribution >= 4 is 11.9 Å². The number of rotatable bonds is 11. The van der Waals surface area contributed by atoms with Gasteiger partial charge in [-0.1, -0.05) is 0 Å². The molecule has 28 heavy (non-hydrogen) atoms. The molecule has 0 bridgehead atoms. The lowest BCUT2D eigenvalue weighted by atomic mass is 10.2. The van der Waals surface area contributed by atoms with Crippen molar-refractivity contribution in [3.05, 3.63) is 54.4 Å². The largest absolute Gasteiger partial charge is 0.497 e. The van der Waals surface area contributed by atoms with Gasteiger partial charge in [0.2, 0.25) is 5.91 Å². The van der Waals surface area contributed by atoms with Crippen LogP contribution in [0.5, 0.6) is 11.5 Å². The summed E-state index contributed by atoms with van der Waals surface area (Å²) in [6.07, 6.45) is 4.44. The van der Waals surface area contributed by atoms with Crippen LogP contribution in [0, 0.1) is 0 Å². The number of carbonyl (C=O) groups is 2. The molecule has 0 saturated carbocycles. The van der Waals surface area contributed by atoms with Gasteiger partial charge in [0.05, 0.1) is 27.2 Å². The summed E-state index contributed by atoms with van der Waals surface area (Å²) >= 11 is 0. The van der Waals surface area contributed by atoms with Gasteiger partial charge in [-0.05, 0) is 48.4 Å². The van der Waals surface area contributed by atoms with E-state index in [2.05, 4.69) is 9.72 Å². The number of pyridine rings is 1. The second-order valence-corrected chi connectivity index (χ2v) is 6.12. The van der Waals surface area contributed by atoms with Crippen LogP contribution < -0.4 is 9.47 Å². The van der Waals surface area contributed by atoms with Crippen LogP contribution in [0.2, 0.25) is 0 Å². The summed E-state index contributed by atoms with van der Waals surface area (Å²) in [6, 6.07) is 11.0. The van der Waals surface area contributed by atoms with Crippen molar-refractivity contribution < 1.29 is 23.8 Å². The number of amides is 1. The lowest BCUT2D eigenvalue weighted by Crippen LogP contribution is -2.32. The highest BCUT2D eigenvalue weighted by atomic mass is 16.5. The molecule has 0 unspecified atom stereocenters. The lowest BCUT2D eigenvalue weighted by molar-refractivity contribution is -0.142. The maximum absolute atomic E-state index is 12.6. The Kier molecular flexibility index (Phi) is 8.78. The van der Waals surface area contributed by atoms with Gasteiger partial charge in [-0.2, -0.15) is 0 Å². The number of aromatic nitrogens is 1. The van der Waals surface area contributed by atoms with Gasteiger partial charge in [-0.3, -0.25) is 14.6 Å². The Morgan fingerprint density at radius 1 is 0.964 bits per heavy atom.